The average Bonchev–Trinajstić information content (AvgIpc) is 2.47. The molecule has 1 aromatic heterocycles. The van der Waals surface area contributed by atoms with Gasteiger partial charge in [0.1, 0.15) is 4.90 Å². The summed E-state index contributed by atoms with van der Waals surface area (Å²) in [7, 11) is -3.71. The van der Waals surface area contributed by atoms with Crippen LogP contribution in [0.5, 0.6) is 0 Å². The largest absolute Gasteiger partial charge is 0.333 e. The van der Waals surface area contributed by atoms with E-state index >= 15 is 0 Å². The molecule has 0 fully saturated rings. The predicted octanol–water partition coefficient (Wildman–Crippen LogP) is 3.14. The maximum absolute atomic E-state index is 12.1. The Balaban J connectivity index is 1.83. The van der Waals surface area contributed by atoms with Gasteiger partial charge in [-0.25, -0.2) is 0 Å². The van der Waals surface area contributed by atoms with Crippen LogP contribution in [0, 0.1) is 0 Å². The lowest BCUT2D eigenvalue weighted by Gasteiger charge is -2.17. The Bertz CT molecular complexity index is 807. The molecule has 8 heteroatoms. The first kappa shape index (κ1) is 14.4. The lowest BCUT2D eigenvalue weighted by molar-refractivity contribution is 0.598. The molecule has 0 saturated heterocycles. The number of hydrogen-bond donors (Lipinski definition) is 1. The van der Waals surface area contributed by atoms with Crippen molar-refractivity contribution >= 4 is 44.2 Å². The number of halogens is 1. The number of anilines is 1. The summed E-state index contributed by atoms with van der Waals surface area (Å²) < 4.78 is 28.0. The topological polar surface area (TPSA) is 71.4 Å². The zero-order valence-corrected chi connectivity index (χ0v) is 13.0. The maximum atomic E-state index is 12.1. The van der Waals surface area contributed by atoms with E-state index < -0.39 is 10.0 Å². The van der Waals surface area contributed by atoms with Gasteiger partial charge in [0.15, 0.2) is 5.17 Å². The first-order valence-electron chi connectivity index (χ1n) is 5.98. The van der Waals surface area contributed by atoms with Gasteiger partial charge in [-0.2, -0.15) is 8.42 Å². The summed E-state index contributed by atoms with van der Waals surface area (Å²) >= 11 is 7.14. The quantitative estimate of drug-likeness (QED) is 0.910. The molecule has 0 radical (unpaired) electrons. The molecule has 21 heavy (non-hydrogen) atoms. The van der Waals surface area contributed by atoms with Crippen LogP contribution in [0.15, 0.2) is 52.0 Å². The number of amidine groups is 1. The number of pyridine rings is 1. The fourth-order valence-electron chi connectivity index (χ4n) is 1.81. The molecule has 0 unspecified atom stereocenters. The second-order valence-electron chi connectivity index (χ2n) is 4.29. The number of fused-ring (bicyclic) bond motifs is 1. The molecule has 0 amide bonds. The van der Waals surface area contributed by atoms with Gasteiger partial charge in [0.25, 0.3) is 10.0 Å². The van der Waals surface area contributed by atoms with E-state index in [2.05, 4.69) is 14.7 Å². The molecule has 1 aromatic carbocycles. The van der Waals surface area contributed by atoms with Crippen molar-refractivity contribution in [2.75, 3.05) is 5.32 Å². The van der Waals surface area contributed by atoms with Gasteiger partial charge in [0, 0.05) is 23.2 Å². The highest BCUT2D eigenvalue weighted by molar-refractivity contribution is 8.14. The van der Waals surface area contributed by atoms with Crippen molar-refractivity contribution in [2.45, 2.75) is 10.6 Å². The van der Waals surface area contributed by atoms with E-state index in [0.29, 0.717) is 21.6 Å². The SMILES string of the molecule is O=S1(=O)N=C(SCc2cccnc2)Nc2ccc(Cl)cc21. The minimum Gasteiger partial charge on any atom is -0.333 e. The summed E-state index contributed by atoms with van der Waals surface area (Å²) in [5, 5.41) is 3.71. The van der Waals surface area contributed by atoms with E-state index in [1.165, 1.54) is 17.8 Å². The number of rotatable bonds is 2. The van der Waals surface area contributed by atoms with Gasteiger partial charge in [-0.1, -0.05) is 29.4 Å². The van der Waals surface area contributed by atoms with Crippen LogP contribution in [0.2, 0.25) is 5.02 Å². The smallest absolute Gasteiger partial charge is 0.286 e. The van der Waals surface area contributed by atoms with E-state index in [4.69, 9.17) is 11.6 Å². The minimum absolute atomic E-state index is 0.0979. The molecule has 1 aliphatic heterocycles. The van der Waals surface area contributed by atoms with Gasteiger partial charge in [0.2, 0.25) is 0 Å². The molecule has 0 bridgehead atoms. The number of nitrogens with zero attached hydrogens (tertiary/aromatic N) is 2. The van der Waals surface area contributed by atoms with Crippen LogP contribution in [-0.2, 0) is 15.8 Å². The first-order chi connectivity index (χ1) is 10.0. The van der Waals surface area contributed by atoms with E-state index in [1.807, 2.05) is 12.1 Å². The molecule has 0 spiro atoms. The van der Waals surface area contributed by atoms with Crippen molar-refractivity contribution in [1.29, 1.82) is 0 Å². The fourth-order valence-corrected chi connectivity index (χ4v) is 4.24. The second kappa shape index (κ2) is 5.67. The Morgan fingerprint density at radius 3 is 2.90 bits per heavy atom. The lowest BCUT2D eigenvalue weighted by atomic mass is 10.3. The van der Waals surface area contributed by atoms with Crippen LogP contribution >= 0.6 is 23.4 Å². The Labute approximate surface area is 131 Å². The Hall–Kier alpha value is -1.57. The van der Waals surface area contributed by atoms with E-state index in [1.54, 1.807) is 24.5 Å². The fraction of sp³-hybridized carbons (Fsp3) is 0.0769. The predicted molar refractivity (Wildman–Crippen MR) is 85.2 cm³/mol. The number of nitrogens with one attached hydrogen (secondary N) is 1. The van der Waals surface area contributed by atoms with Gasteiger partial charge in [-0.15, -0.1) is 4.40 Å². The summed E-state index contributed by atoms with van der Waals surface area (Å²) in [5.41, 5.74) is 1.48. The summed E-state index contributed by atoms with van der Waals surface area (Å²) in [6.07, 6.45) is 3.42. The minimum atomic E-state index is -3.71. The zero-order chi connectivity index (χ0) is 14.9. The third-order valence-corrected chi connectivity index (χ3v) is 5.38. The standard InChI is InChI=1S/C13H10ClN3O2S2/c14-10-3-4-11-12(6-10)21(18,19)17-13(16-11)20-8-9-2-1-5-15-7-9/h1-7H,8H2,(H,16,17). The zero-order valence-electron chi connectivity index (χ0n) is 10.7. The van der Waals surface area contributed by atoms with E-state index in [-0.39, 0.29) is 4.90 Å². The lowest BCUT2D eigenvalue weighted by Crippen LogP contribution is -2.19. The van der Waals surface area contributed by atoms with Crippen LogP contribution in [0.25, 0.3) is 0 Å². The third-order valence-electron chi connectivity index (χ3n) is 2.76. The molecule has 0 saturated carbocycles. The molecule has 0 atom stereocenters. The number of aromatic nitrogens is 1. The Morgan fingerprint density at radius 1 is 1.29 bits per heavy atom. The Kier molecular flexibility index (Phi) is 3.88. The van der Waals surface area contributed by atoms with Crippen LogP contribution < -0.4 is 5.32 Å². The van der Waals surface area contributed by atoms with Crippen LogP contribution in [0.3, 0.4) is 0 Å². The van der Waals surface area contributed by atoms with Gasteiger partial charge < -0.3 is 5.32 Å². The number of thioether (sulfide) groups is 1. The van der Waals surface area contributed by atoms with Gasteiger partial charge in [-0.05, 0) is 29.8 Å². The summed E-state index contributed by atoms with van der Waals surface area (Å²) in [6.45, 7) is 0. The van der Waals surface area contributed by atoms with Crippen molar-refractivity contribution in [3.05, 3.63) is 53.3 Å². The van der Waals surface area contributed by atoms with Crippen LogP contribution in [0.4, 0.5) is 5.69 Å². The van der Waals surface area contributed by atoms with Crippen LogP contribution in [-0.4, -0.2) is 18.6 Å². The molecule has 2 heterocycles. The van der Waals surface area contributed by atoms with Gasteiger partial charge in [0.05, 0.1) is 5.69 Å². The molecule has 1 aliphatic rings. The number of sulfonamides is 1. The molecular weight excluding hydrogens is 330 g/mol. The van der Waals surface area contributed by atoms with Crippen molar-refractivity contribution in [3.63, 3.8) is 0 Å². The molecule has 0 aliphatic carbocycles. The van der Waals surface area contributed by atoms with Crippen molar-refractivity contribution < 1.29 is 8.42 Å². The molecule has 1 N–H and O–H groups in total. The van der Waals surface area contributed by atoms with Crippen LogP contribution in [0.1, 0.15) is 5.56 Å². The van der Waals surface area contributed by atoms with Crippen molar-refractivity contribution in [1.82, 2.24) is 4.98 Å². The molecule has 3 rings (SSSR count). The number of hydrogen-bond acceptors (Lipinski definition) is 5. The maximum Gasteiger partial charge on any atom is 0.286 e. The normalized spacial score (nSPS) is 15.8. The first-order valence-corrected chi connectivity index (χ1v) is 8.78. The monoisotopic (exact) mass is 339 g/mol. The van der Waals surface area contributed by atoms with Gasteiger partial charge >= 0.3 is 0 Å². The van der Waals surface area contributed by atoms with Gasteiger partial charge in [-0.3, -0.25) is 4.98 Å². The van der Waals surface area contributed by atoms with Crippen molar-refractivity contribution in [3.8, 4) is 0 Å². The van der Waals surface area contributed by atoms with Crippen molar-refractivity contribution in [2.24, 2.45) is 4.40 Å². The summed E-state index contributed by atoms with van der Waals surface area (Å²) in [6, 6.07) is 8.42. The van der Waals surface area contributed by atoms with E-state index in [0.717, 1.165) is 5.56 Å². The summed E-state index contributed by atoms with van der Waals surface area (Å²) in [4.78, 5) is 4.11. The molecule has 5 nitrogen and oxygen atoms in total. The molecular formula is C13H10ClN3O2S2. The highest BCUT2D eigenvalue weighted by Crippen LogP contribution is 2.32. The number of benzene rings is 1. The van der Waals surface area contributed by atoms with E-state index in [9.17, 15) is 8.42 Å². The second-order valence-corrected chi connectivity index (χ2v) is 7.26. The average molecular weight is 340 g/mol. The molecule has 108 valence electrons. The highest BCUT2D eigenvalue weighted by atomic mass is 35.5. The highest BCUT2D eigenvalue weighted by Gasteiger charge is 2.25. The Morgan fingerprint density at radius 2 is 2.14 bits per heavy atom. The third kappa shape index (κ3) is 3.20. The summed E-state index contributed by atoms with van der Waals surface area (Å²) in [5.74, 6) is 0.581. The molecule has 2 aromatic rings.